The van der Waals surface area contributed by atoms with Crippen molar-refractivity contribution in [2.45, 2.75) is 18.9 Å². The number of methoxy groups -OCH3 is 1. The summed E-state index contributed by atoms with van der Waals surface area (Å²) in [5.74, 6) is 0.242. The summed E-state index contributed by atoms with van der Waals surface area (Å²) < 4.78 is 5.31. The van der Waals surface area contributed by atoms with Crippen molar-refractivity contribution in [2.75, 3.05) is 26.7 Å². The minimum absolute atomic E-state index is 0.242. The van der Waals surface area contributed by atoms with E-state index in [1.807, 2.05) is 17.5 Å². The van der Waals surface area contributed by atoms with Gasteiger partial charge in [-0.05, 0) is 24.3 Å². The molecule has 0 amide bonds. The van der Waals surface area contributed by atoms with E-state index in [1.165, 1.54) is 11.3 Å². The van der Waals surface area contributed by atoms with E-state index in [2.05, 4.69) is 4.90 Å². The van der Waals surface area contributed by atoms with Gasteiger partial charge in [-0.25, -0.2) is 0 Å². The minimum atomic E-state index is 0.242. The maximum Gasteiger partial charge on any atom is 0.186 e. The Bertz CT molecular complexity index is 329. The molecule has 1 aromatic rings. The average molecular weight is 239 g/mol. The molecule has 2 heterocycles. The first-order valence-corrected chi connectivity index (χ1v) is 6.49. The van der Waals surface area contributed by atoms with Crippen molar-refractivity contribution in [3.63, 3.8) is 0 Å². The third kappa shape index (κ3) is 2.90. The van der Waals surface area contributed by atoms with Gasteiger partial charge in [0.15, 0.2) is 5.78 Å². The molecule has 1 aliphatic heterocycles. The molecule has 0 unspecified atom stereocenters. The van der Waals surface area contributed by atoms with Crippen LogP contribution in [0.15, 0.2) is 17.5 Å². The Balaban J connectivity index is 1.81. The molecule has 88 valence electrons. The smallest absolute Gasteiger partial charge is 0.186 e. The number of likely N-dealkylation sites (tertiary alicyclic amines) is 1. The highest BCUT2D eigenvalue weighted by atomic mass is 32.1. The number of Topliss-reactive ketones (excluding diaryl/α,β-unsaturated/α-hetero) is 1. The Morgan fingerprint density at radius 3 is 2.88 bits per heavy atom. The van der Waals surface area contributed by atoms with E-state index in [4.69, 9.17) is 4.74 Å². The van der Waals surface area contributed by atoms with Crippen LogP contribution in [0.4, 0.5) is 0 Å². The number of ketones is 1. The molecule has 1 fully saturated rings. The van der Waals surface area contributed by atoms with Crippen molar-refractivity contribution in [3.05, 3.63) is 22.4 Å². The van der Waals surface area contributed by atoms with Crippen molar-refractivity contribution in [3.8, 4) is 0 Å². The SMILES string of the molecule is COC1CCN(CC(=O)c2cccs2)CC1. The van der Waals surface area contributed by atoms with E-state index < -0.39 is 0 Å². The molecule has 3 nitrogen and oxygen atoms in total. The van der Waals surface area contributed by atoms with E-state index >= 15 is 0 Å². The van der Waals surface area contributed by atoms with Crippen LogP contribution < -0.4 is 0 Å². The van der Waals surface area contributed by atoms with Gasteiger partial charge >= 0.3 is 0 Å². The predicted molar refractivity (Wildman–Crippen MR) is 65.1 cm³/mol. The predicted octanol–water partition coefficient (Wildman–Crippen LogP) is 2.04. The summed E-state index contributed by atoms with van der Waals surface area (Å²) in [6.07, 6.45) is 2.45. The van der Waals surface area contributed by atoms with Gasteiger partial charge in [-0.3, -0.25) is 9.69 Å². The van der Waals surface area contributed by atoms with Crippen molar-refractivity contribution in [1.82, 2.24) is 4.90 Å². The molecule has 2 rings (SSSR count). The molecular weight excluding hydrogens is 222 g/mol. The minimum Gasteiger partial charge on any atom is -0.381 e. The fourth-order valence-corrected chi connectivity index (χ4v) is 2.68. The van der Waals surface area contributed by atoms with Gasteiger partial charge in [-0.1, -0.05) is 6.07 Å². The first kappa shape index (κ1) is 11.8. The summed E-state index contributed by atoms with van der Waals surface area (Å²) in [6.45, 7) is 2.49. The number of carbonyl (C=O) groups is 1. The number of piperidine rings is 1. The van der Waals surface area contributed by atoms with E-state index in [1.54, 1.807) is 7.11 Å². The lowest BCUT2D eigenvalue weighted by atomic mass is 10.1. The molecular formula is C12H17NO2S. The van der Waals surface area contributed by atoms with Gasteiger partial charge in [-0.2, -0.15) is 0 Å². The summed E-state index contributed by atoms with van der Waals surface area (Å²) in [5, 5.41) is 1.95. The van der Waals surface area contributed by atoms with Gasteiger partial charge in [0.1, 0.15) is 0 Å². The third-order valence-electron chi connectivity index (χ3n) is 3.03. The lowest BCUT2D eigenvalue weighted by molar-refractivity contribution is 0.0402. The Labute approximate surface area is 100 Å². The largest absolute Gasteiger partial charge is 0.381 e. The van der Waals surface area contributed by atoms with Crippen LogP contribution in [0.2, 0.25) is 0 Å². The summed E-state index contributed by atoms with van der Waals surface area (Å²) in [6, 6.07) is 3.82. The van der Waals surface area contributed by atoms with E-state index in [-0.39, 0.29) is 5.78 Å². The highest BCUT2D eigenvalue weighted by Gasteiger charge is 2.20. The Morgan fingerprint density at radius 2 is 2.31 bits per heavy atom. The zero-order valence-electron chi connectivity index (χ0n) is 9.52. The van der Waals surface area contributed by atoms with Crippen LogP contribution in [0, 0.1) is 0 Å². The van der Waals surface area contributed by atoms with E-state index in [0.29, 0.717) is 12.6 Å². The fourth-order valence-electron chi connectivity index (χ4n) is 2.02. The van der Waals surface area contributed by atoms with Gasteiger partial charge in [0, 0.05) is 20.2 Å². The van der Waals surface area contributed by atoms with Crippen molar-refractivity contribution >= 4 is 17.1 Å². The molecule has 0 atom stereocenters. The standard InChI is InChI=1S/C12H17NO2S/c1-15-10-4-6-13(7-5-10)9-11(14)12-3-2-8-16-12/h2-3,8,10H,4-7,9H2,1H3. The zero-order valence-corrected chi connectivity index (χ0v) is 10.3. The van der Waals surface area contributed by atoms with Gasteiger partial charge in [-0.15, -0.1) is 11.3 Å². The molecule has 1 saturated heterocycles. The maximum atomic E-state index is 11.9. The second-order valence-corrected chi connectivity index (χ2v) is 5.06. The second-order valence-electron chi connectivity index (χ2n) is 4.11. The number of hydrogen-bond acceptors (Lipinski definition) is 4. The molecule has 0 aliphatic carbocycles. The summed E-state index contributed by atoms with van der Waals surface area (Å²) in [7, 11) is 1.76. The zero-order chi connectivity index (χ0) is 11.4. The van der Waals surface area contributed by atoms with Crippen LogP contribution in [0.3, 0.4) is 0 Å². The van der Waals surface area contributed by atoms with Crippen LogP contribution in [-0.4, -0.2) is 43.5 Å². The number of nitrogens with zero attached hydrogens (tertiary/aromatic N) is 1. The summed E-state index contributed by atoms with van der Waals surface area (Å²) in [5.41, 5.74) is 0. The Morgan fingerprint density at radius 1 is 1.56 bits per heavy atom. The number of carbonyl (C=O) groups excluding carboxylic acids is 1. The lowest BCUT2D eigenvalue weighted by Gasteiger charge is -2.30. The lowest BCUT2D eigenvalue weighted by Crippen LogP contribution is -2.39. The van der Waals surface area contributed by atoms with Crippen LogP contribution in [-0.2, 0) is 4.74 Å². The molecule has 0 saturated carbocycles. The number of ether oxygens (including phenoxy) is 1. The maximum absolute atomic E-state index is 11.9. The first-order valence-electron chi connectivity index (χ1n) is 5.61. The second kappa shape index (κ2) is 5.57. The third-order valence-corrected chi connectivity index (χ3v) is 3.94. The van der Waals surface area contributed by atoms with Gasteiger partial charge in [0.2, 0.25) is 0 Å². The van der Waals surface area contributed by atoms with Crippen LogP contribution in [0.1, 0.15) is 22.5 Å². The molecule has 1 aliphatic rings. The quantitative estimate of drug-likeness (QED) is 0.753. The normalized spacial score (nSPS) is 18.8. The van der Waals surface area contributed by atoms with Gasteiger partial charge in [0.25, 0.3) is 0 Å². The van der Waals surface area contributed by atoms with E-state index in [0.717, 1.165) is 30.8 Å². The molecule has 0 bridgehead atoms. The molecule has 0 radical (unpaired) electrons. The monoisotopic (exact) mass is 239 g/mol. The summed E-state index contributed by atoms with van der Waals surface area (Å²) >= 11 is 1.52. The first-order chi connectivity index (χ1) is 7.79. The Hall–Kier alpha value is -0.710. The molecule has 0 N–H and O–H groups in total. The van der Waals surface area contributed by atoms with Gasteiger partial charge in [0.05, 0.1) is 17.5 Å². The number of rotatable bonds is 4. The van der Waals surface area contributed by atoms with Gasteiger partial charge < -0.3 is 4.74 Å². The fraction of sp³-hybridized carbons (Fsp3) is 0.583. The van der Waals surface area contributed by atoms with E-state index in [9.17, 15) is 4.79 Å². The summed E-state index contributed by atoms with van der Waals surface area (Å²) in [4.78, 5) is 15.0. The molecule has 0 spiro atoms. The van der Waals surface area contributed by atoms with Crippen LogP contribution in [0.5, 0.6) is 0 Å². The van der Waals surface area contributed by atoms with Crippen LogP contribution >= 0.6 is 11.3 Å². The van der Waals surface area contributed by atoms with Crippen molar-refractivity contribution in [2.24, 2.45) is 0 Å². The molecule has 1 aromatic heterocycles. The number of hydrogen-bond donors (Lipinski definition) is 0. The molecule has 16 heavy (non-hydrogen) atoms. The number of thiophene rings is 1. The average Bonchev–Trinajstić information content (AvgIpc) is 2.83. The highest BCUT2D eigenvalue weighted by molar-refractivity contribution is 7.12. The van der Waals surface area contributed by atoms with Crippen molar-refractivity contribution in [1.29, 1.82) is 0 Å². The highest BCUT2D eigenvalue weighted by Crippen LogP contribution is 2.15. The molecule has 4 heteroatoms. The Kier molecular flexibility index (Phi) is 4.09. The van der Waals surface area contributed by atoms with Crippen molar-refractivity contribution < 1.29 is 9.53 Å². The molecule has 0 aromatic carbocycles. The topological polar surface area (TPSA) is 29.5 Å². The van der Waals surface area contributed by atoms with Crippen LogP contribution in [0.25, 0.3) is 0 Å².